The van der Waals surface area contributed by atoms with Crippen molar-refractivity contribution in [1.82, 2.24) is 0 Å². The molecule has 0 aromatic heterocycles. The van der Waals surface area contributed by atoms with Crippen LogP contribution in [-0.4, -0.2) is 34.5 Å². The third kappa shape index (κ3) is 11.8. The molecule has 0 aromatic rings. The number of aliphatic hydroxyl groups is 2. The maximum Gasteiger partial charge on any atom is 0.160 e. The van der Waals surface area contributed by atoms with Gasteiger partial charge in [-0.25, -0.2) is 0 Å². The van der Waals surface area contributed by atoms with E-state index < -0.39 is 11.6 Å². The van der Waals surface area contributed by atoms with Crippen molar-refractivity contribution in [3.05, 3.63) is 0 Å². The van der Waals surface area contributed by atoms with Gasteiger partial charge in [0.2, 0.25) is 0 Å². The molecular formula is C11H24O4. The Hall–Kier alpha value is -0.160. The van der Waals surface area contributed by atoms with Crippen LogP contribution in [0.3, 0.4) is 0 Å². The summed E-state index contributed by atoms with van der Waals surface area (Å²) in [5, 5.41) is 18.7. The van der Waals surface area contributed by atoms with Crippen molar-refractivity contribution >= 4 is 0 Å². The summed E-state index contributed by atoms with van der Waals surface area (Å²) in [5.41, 5.74) is 0. The smallest absolute Gasteiger partial charge is 0.160 e. The lowest BCUT2D eigenvalue weighted by molar-refractivity contribution is -0.206. The van der Waals surface area contributed by atoms with Crippen LogP contribution in [0.5, 0.6) is 0 Å². The van der Waals surface area contributed by atoms with Gasteiger partial charge in [-0.2, -0.15) is 0 Å². The zero-order chi connectivity index (χ0) is 12.1. The van der Waals surface area contributed by atoms with Gasteiger partial charge in [0.25, 0.3) is 0 Å². The van der Waals surface area contributed by atoms with Gasteiger partial charge >= 0.3 is 0 Å². The molecule has 0 heterocycles. The van der Waals surface area contributed by atoms with E-state index in [1.165, 1.54) is 0 Å². The Morgan fingerprint density at radius 2 is 1.60 bits per heavy atom. The molecule has 0 aliphatic carbocycles. The first-order valence-corrected chi connectivity index (χ1v) is 5.37. The van der Waals surface area contributed by atoms with Gasteiger partial charge in [0.05, 0.1) is 12.7 Å². The van der Waals surface area contributed by atoms with Gasteiger partial charge in [0, 0.05) is 0 Å². The highest BCUT2D eigenvalue weighted by Crippen LogP contribution is 2.12. The van der Waals surface area contributed by atoms with E-state index in [2.05, 4.69) is 0 Å². The summed E-state index contributed by atoms with van der Waals surface area (Å²) in [7, 11) is 0. The topological polar surface area (TPSA) is 58.9 Å². The van der Waals surface area contributed by atoms with Crippen molar-refractivity contribution in [2.24, 2.45) is 0 Å². The van der Waals surface area contributed by atoms with E-state index in [0.29, 0.717) is 6.61 Å². The van der Waals surface area contributed by atoms with Crippen LogP contribution >= 0.6 is 0 Å². The van der Waals surface area contributed by atoms with Gasteiger partial charge in [-0.1, -0.05) is 0 Å². The van der Waals surface area contributed by atoms with Gasteiger partial charge < -0.3 is 19.7 Å². The normalized spacial score (nSPS) is 15.4. The van der Waals surface area contributed by atoms with E-state index in [1.807, 2.05) is 6.92 Å². The van der Waals surface area contributed by atoms with Crippen LogP contribution in [0, 0.1) is 0 Å². The highest BCUT2D eigenvalue weighted by molar-refractivity contribution is 4.57. The van der Waals surface area contributed by atoms with Crippen LogP contribution in [0.15, 0.2) is 0 Å². The summed E-state index contributed by atoms with van der Waals surface area (Å²) < 4.78 is 10.5. The summed E-state index contributed by atoms with van der Waals surface area (Å²) in [6.07, 6.45) is 1.57. The van der Waals surface area contributed by atoms with Gasteiger partial charge in [-0.15, -0.1) is 0 Å². The molecule has 0 aromatic carbocycles. The first kappa shape index (κ1) is 14.8. The minimum Gasteiger partial charge on any atom is -0.366 e. The molecule has 0 saturated heterocycles. The summed E-state index contributed by atoms with van der Waals surface area (Å²) in [4.78, 5) is 0. The largest absolute Gasteiger partial charge is 0.366 e. The molecular weight excluding hydrogens is 196 g/mol. The molecule has 0 amide bonds. The Kier molecular flexibility index (Phi) is 5.73. The van der Waals surface area contributed by atoms with Crippen LogP contribution in [-0.2, 0) is 9.47 Å². The van der Waals surface area contributed by atoms with Gasteiger partial charge in [-0.3, -0.25) is 0 Å². The van der Waals surface area contributed by atoms with Crippen LogP contribution in [0.4, 0.5) is 0 Å². The van der Waals surface area contributed by atoms with E-state index >= 15 is 0 Å². The fourth-order valence-corrected chi connectivity index (χ4v) is 1.24. The van der Waals surface area contributed by atoms with Crippen LogP contribution < -0.4 is 0 Å². The van der Waals surface area contributed by atoms with E-state index in [4.69, 9.17) is 9.47 Å². The van der Waals surface area contributed by atoms with Crippen LogP contribution in [0.1, 0.15) is 47.5 Å². The molecule has 2 N–H and O–H groups in total. The van der Waals surface area contributed by atoms with E-state index in [0.717, 1.165) is 12.8 Å². The summed E-state index contributed by atoms with van der Waals surface area (Å²) in [6, 6.07) is 0. The first-order chi connectivity index (χ1) is 6.60. The predicted molar refractivity (Wildman–Crippen MR) is 58.3 cm³/mol. The lowest BCUT2D eigenvalue weighted by atomic mass is 10.2. The Bertz CT molecular complexity index is 166. The Morgan fingerprint density at radius 3 is 2.00 bits per heavy atom. The highest BCUT2D eigenvalue weighted by Gasteiger charge is 2.17. The summed E-state index contributed by atoms with van der Waals surface area (Å²) >= 11 is 0. The maximum atomic E-state index is 9.38. The quantitative estimate of drug-likeness (QED) is 0.506. The fourth-order valence-electron chi connectivity index (χ4n) is 1.24. The van der Waals surface area contributed by atoms with E-state index in [-0.39, 0.29) is 6.10 Å². The molecule has 0 bridgehead atoms. The average Bonchev–Trinajstić information content (AvgIpc) is 1.92. The summed E-state index contributed by atoms with van der Waals surface area (Å²) in [5.74, 6) is -2.16. The Balaban J connectivity index is 3.52. The van der Waals surface area contributed by atoms with Crippen molar-refractivity contribution in [2.75, 3.05) is 6.61 Å². The molecule has 0 radical (unpaired) electrons. The number of rotatable bonds is 7. The number of hydrogen-bond acceptors (Lipinski definition) is 4. The zero-order valence-electron chi connectivity index (χ0n) is 10.4. The third-order valence-corrected chi connectivity index (χ3v) is 1.70. The average molecular weight is 220 g/mol. The molecule has 1 atom stereocenters. The standard InChI is InChI=1S/C11H24O4/c1-9(15-11(4,5)13)7-6-8-14-10(2,3)12/h9,12-13H,6-8H2,1-5H3/t9-/m1/s1. The van der Waals surface area contributed by atoms with E-state index in [1.54, 1.807) is 27.7 Å². The molecule has 0 fully saturated rings. The van der Waals surface area contributed by atoms with Gasteiger partial charge in [0.1, 0.15) is 0 Å². The van der Waals surface area contributed by atoms with Crippen LogP contribution in [0.2, 0.25) is 0 Å². The minimum atomic E-state index is -1.09. The third-order valence-electron chi connectivity index (χ3n) is 1.70. The number of hydrogen-bond donors (Lipinski definition) is 2. The molecule has 0 unspecified atom stereocenters. The molecule has 0 aliphatic rings. The predicted octanol–water partition coefficient (Wildman–Crippen LogP) is 1.65. The Labute approximate surface area is 92.2 Å². The fraction of sp³-hybridized carbons (Fsp3) is 1.00. The van der Waals surface area contributed by atoms with Crippen molar-refractivity contribution in [3.8, 4) is 0 Å². The van der Waals surface area contributed by atoms with Crippen molar-refractivity contribution in [2.45, 2.75) is 65.1 Å². The molecule has 0 spiro atoms. The van der Waals surface area contributed by atoms with Crippen LogP contribution in [0.25, 0.3) is 0 Å². The Morgan fingerprint density at radius 1 is 1.07 bits per heavy atom. The first-order valence-electron chi connectivity index (χ1n) is 5.37. The molecule has 4 nitrogen and oxygen atoms in total. The molecule has 0 saturated carbocycles. The molecule has 0 rings (SSSR count). The van der Waals surface area contributed by atoms with Crippen molar-refractivity contribution in [1.29, 1.82) is 0 Å². The molecule has 92 valence electrons. The monoisotopic (exact) mass is 220 g/mol. The highest BCUT2D eigenvalue weighted by atomic mass is 16.6. The second-order valence-electron chi connectivity index (χ2n) is 4.81. The lowest BCUT2D eigenvalue weighted by Gasteiger charge is -2.24. The molecule has 15 heavy (non-hydrogen) atoms. The lowest BCUT2D eigenvalue weighted by Crippen LogP contribution is -2.29. The molecule has 4 heteroatoms. The SMILES string of the molecule is C[C@H](CCCOC(C)(C)O)OC(C)(C)O. The zero-order valence-corrected chi connectivity index (χ0v) is 10.4. The minimum absolute atomic E-state index is 0.0181. The second kappa shape index (κ2) is 5.80. The summed E-state index contributed by atoms with van der Waals surface area (Å²) in [6.45, 7) is 8.81. The second-order valence-corrected chi connectivity index (χ2v) is 4.81. The van der Waals surface area contributed by atoms with Gasteiger partial charge in [0.15, 0.2) is 11.6 Å². The van der Waals surface area contributed by atoms with E-state index in [9.17, 15) is 10.2 Å². The molecule has 0 aliphatic heterocycles. The van der Waals surface area contributed by atoms with Crippen molar-refractivity contribution in [3.63, 3.8) is 0 Å². The van der Waals surface area contributed by atoms with Gasteiger partial charge in [-0.05, 0) is 47.5 Å². The van der Waals surface area contributed by atoms with Crippen molar-refractivity contribution < 1.29 is 19.7 Å². The number of ether oxygens (including phenoxy) is 2. The maximum absolute atomic E-state index is 9.38.